The zero-order chi connectivity index (χ0) is 11.7. The molecule has 1 aromatic carbocycles. The Morgan fingerprint density at radius 3 is 2.50 bits per heavy atom. The summed E-state index contributed by atoms with van der Waals surface area (Å²) in [5.41, 5.74) is 2.46. The molecule has 16 heavy (non-hydrogen) atoms. The summed E-state index contributed by atoms with van der Waals surface area (Å²) < 4.78 is 0. The highest BCUT2D eigenvalue weighted by Crippen LogP contribution is 2.27. The van der Waals surface area contributed by atoms with Crippen molar-refractivity contribution in [2.45, 2.75) is 32.9 Å². The lowest BCUT2D eigenvalue weighted by Gasteiger charge is -2.38. The Balaban J connectivity index is 2.26. The van der Waals surface area contributed by atoms with Gasteiger partial charge in [-0.05, 0) is 38.5 Å². The number of nitrogens with one attached hydrogen (secondary N) is 1. The molecule has 0 saturated carbocycles. The van der Waals surface area contributed by atoms with Crippen molar-refractivity contribution in [1.29, 1.82) is 0 Å². The van der Waals surface area contributed by atoms with Crippen molar-refractivity contribution in [3.63, 3.8) is 0 Å². The van der Waals surface area contributed by atoms with Crippen LogP contribution in [0.4, 0.5) is 5.69 Å². The zero-order valence-corrected chi connectivity index (χ0v) is 10.9. The Morgan fingerprint density at radius 2 is 1.88 bits per heavy atom. The molecule has 0 bridgehead atoms. The van der Waals surface area contributed by atoms with Crippen molar-refractivity contribution in [2.24, 2.45) is 0 Å². The quantitative estimate of drug-likeness (QED) is 0.810. The summed E-state index contributed by atoms with van der Waals surface area (Å²) >= 11 is 6.16. The molecular formula is C13H19ClN2. The molecule has 2 atom stereocenters. The Hall–Kier alpha value is -0.730. The molecule has 1 aliphatic rings. The SMILES string of the molecule is Cc1c(Cl)cccc1N1CC(C)NC(C)C1. The molecule has 88 valence electrons. The minimum atomic E-state index is 0.530. The molecule has 1 aliphatic heterocycles. The van der Waals surface area contributed by atoms with E-state index in [1.807, 2.05) is 12.1 Å². The van der Waals surface area contributed by atoms with E-state index in [0.29, 0.717) is 12.1 Å². The largest absolute Gasteiger partial charge is 0.368 e. The lowest BCUT2D eigenvalue weighted by atomic mass is 10.1. The van der Waals surface area contributed by atoms with Gasteiger partial charge >= 0.3 is 0 Å². The fraction of sp³-hybridized carbons (Fsp3) is 0.538. The first-order chi connectivity index (χ1) is 7.58. The van der Waals surface area contributed by atoms with Crippen LogP contribution in [0.2, 0.25) is 5.02 Å². The van der Waals surface area contributed by atoms with Crippen LogP contribution in [0.1, 0.15) is 19.4 Å². The average molecular weight is 239 g/mol. The van der Waals surface area contributed by atoms with Crippen molar-refractivity contribution >= 4 is 17.3 Å². The number of nitrogens with zero attached hydrogens (tertiary/aromatic N) is 1. The van der Waals surface area contributed by atoms with E-state index < -0.39 is 0 Å². The Bertz CT molecular complexity index is 368. The third kappa shape index (κ3) is 2.33. The highest BCUT2D eigenvalue weighted by molar-refractivity contribution is 6.31. The molecule has 1 aromatic rings. The highest BCUT2D eigenvalue weighted by Gasteiger charge is 2.22. The smallest absolute Gasteiger partial charge is 0.0455 e. The van der Waals surface area contributed by atoms with Gasteiger partial charge < -0.3 is 10.2 Å². The van der Waals surface area contributed by atoms with Gasteiger partial charge in [0, 0.05) is 35.9 Å². The van der Waals surface area contributed by atoms with Crippen molar-refractivity contribution in [2.75, 3.05) is 18.0 Å². The predicted molar refractivity (Wildman–Crippen MR) is 70.5 cm³/mol. The number of piperazine rings is 1. The summed E-state index contributed by atoms with van der Waals surface area (Å²) in [6.07, 6.45) is 0. The topological polar surface area (TPSA) is 15.3 Å². The first-order valence-corrected chi connectivity index (χ1v) is 6.22. The molecule has 1 fully saturated rings. The lowest BCUT2D eigenvalue weighted by molar-refractivity contribution is 0.406. The van der Waals surface area contributed by atoms with Gasteiger partial charge in [0.15, 0.2) is 0 Å². The first-order valence-electron chi connectivity index (χ1n) is 5.84. The number of anilines is 1. The van der Waals surface area contributed by atoms with Crippen LogP contribution in [-0.4, -0.2) is 25.2 Å². The molecule has 0 aliphatic carbocycles. The summed E-state index contributed by atoms with van der Waals surface area (Å²) in [4.78, 5) is 2.42. The van der Waals surface area contributed by atoms with Gasteiger partial charge in [0.25, 0.3) is 0 Å². The van der Waals surface area contributed by atoms with Crippen LogP contribution in [0, 0.1) is 6.92 Å². The first kappa shape index (κ1) is 11.7. The summed E-state index contributed by atoms with van der Waals surface area (Å²) in [6.45, 7) is 8.64. The van der Waals surface area contributed by atoms with E-state index in [9.17, 15) is 0 Å². The normalized spacial score (nSPS) is 25.9. The fourth-order valence-electron chi connectivity index (χ4n) is 2.46. The minimum absolute atomic E-state index is 0.530. The maximum Gasteiger partial charge on any atom is 0.0455 e. The van der Waals surface area contributed by atoms with Gasteiger partial charge in [-0.25, -0.2) is 0 Å². The van der Waals surface area contributed by atoms with Crippen LogP contribution in [0.5, 0.6) is 0 Å². The van der Waals surface area contributed by atoms with E-state index in [0.717, 1.165) is 18.1 Å². The molecule has 1 saturated heterocycles. The molecule has 1 heterocycles. The van der Waals surface area contributed by atoms with Crippen molar-refractivity contribution in [3.05, 3.63) is 28.8 Å². The van der Waals surface area contributed by atoms with Crippen LogP contribution in [-0.2, 0) is 0 Å². The van der Waals surface area contributed by atoms with Crippen molar-refractivity contribution < 1.29 is 0 Å². The van der Waals surface area contributed by atoms with E-state index in [1.54, 1.807) is 0 Å². The molecule has 2 rings (SSSR count). The highest BCUT2D eigenvalue weighted by atomic mass is 35.5. The molecule has 3 heteroatoms. The second kappa shape index (κ2) is 4.64. The third-order valence-electron chi connectivity index (χ3n) is 3.14. The van der Waals surface area contributed by atoms with Gasteiger partial charge in [-0.1, -0.05) is 17.7 Å². The van der Waals surface area contributed by atoms with Gasteiger partial charge in [0.2, 0.25) is 0 Å². The van der Waals surface area contributed by atoms with E-state index in [4.69, 9.17) is 11.6 Å². The summed E-state index contributed by atoms with van der Waals surface area (Å²) in [5.74, 6) is 0. The predicted octanol–water partition coefficient (Wildman–Crippen LogP) is 2.84. The van der Waals surface area contributed by atoms with Gasteiger partial charge in [-0.3, -0.25) is 0 Å². The fourth-order valence-corrected chi connectivity index (χ4v) is 2.63. The van der Waals surface area contributed by atoms with Gasteiger partial charge in [0.1, 0.15) is 0 Å². The third-order valence-corrected chi connectivity index (χ3v) is 3.55. The zero-order valence-electron chi connectivity index (χ0n) is 10.1. The second-order valence-corrected chi connectivity index (χ2v) is 5.16. The second-order valence-electron chi connectivity index (χ2n) is 4.76. The standard InChI is InChI=1S/C13H19ClN2/c1-9-7-16(8-10(2)15-9)13-6-4-5-12(14)11(13)3/h4-6,9-10,15H,7-8H2,1-3H3. The van der Waals surface area contributed by atoms with Crippen molar-refractivity contribution in [1.82, 2.24) is 5.32 Å². The Labute approximate surface area is 103 Å². The molecule has 0 aromatic heterocycles. The molecule has 2 nitrogen and oxygen atoms in total. The van der Waals surface area contributed by atoms with Crippen LogP contribution >= 0.6 is 11.6 Å². The van der Waals surface area contributed by atoms with Crippen LogP contribution in [0.25, 0.3) is 0 Å². The Kier molecular flexibility index (Phi) is 3.41. The summed E-state index contributed by atoms with van der Waals surface area (Å²) in [5, 5.41) is 4.40. The van der Waals surface area contributed by atoms with E-state index in [-0.39, 0.29) is 0 Å². The van der Waals surface area contributed by atoms with Gasteiger partial charge in [0.05, 0.1) is 0 Å². The van der Waals surface area contributed by atoms with Gasteiger partial charge in [-0.15, -0.1) is 0 Å². The monoisotopic (exact) mass is 238 g/mol. The minimum Gasteiger partial charge on any atom is -0.368 e. The average Bonchev–Trinajstić information content (AvgIpc) is 2.20. The molecular weight excluding hydrogens is 220 g/mol. The van der Waals surface area contributed by atoms with Crippen LogP contribution in [0.3, 0.4) is 0 Å². The van der Waals surface area contributed by atoms with Crippen molar-refractivity contribution in [3.8, 4) is 0 Å². The van der Waals surface area contributed by atoms with Gasteiger partial charge in [-0.2, -0.15) is 0 Å². The van der Waals surface area contributed by atoms with E-state index >= 15 is 0 Å². The molecule has 0 radical (unpaired) electrons. The molecule has 2 unspecified atom stereocenters. The Morgan fingerprint density at radius 1 is 1.25 bits per heavy atom. The summed E-state index contributed by atoms with van der Waals surface area (Å²) in [6, 6.07) is 7.20. The molecule has 0 spiro atoms. The van der Waals surface area contributed by atoms with E-state index in [2.05, 4.69) is 37.1 Å². The summed E-state index contributed by atoms with van der Waals surface area (Å²) in [7, 11) is 0. The lowest BCUT2D eigenvalue weighted by Crippen LogP contribution is -2.54. The number of benzene rings is 1. The maximum atomic E-state index is 6.16. The molecule has 0 amide bonds. The maximum absolute atomic E-state index is 6.16. The number of rotatable bonds is 1. The molecule has 1 N–H and O–H groups in total. The number of hydrogen-bond acceptors (Lipinski definition) is 2. The number of hydrogen-bond donors (Lipinski definition) is 1. The van der Waals surface area contributed by atoms with Crippen LogP contribution in [0.15, 0.2) is 18.2 Å². The van der Waals surface area contributed by atoms with Crippen LogP contribution < -0.4 is 10.2 Å². The van der Waals surface area contributed by atoms with E-state index in [1.165, 1.54) is 11.3 Å². The number of halogens is 1.